The molecule has 1 aliphatic rings. The second-order valence-corrected chi connectivity index (χ2v) is 7.30. The molecule has 1 aromatic heterocycles. The minimum absolute atomic E-state index is 0.384. The van der Waals surface area contributed by atoms with Crippen LogP contribution in [0.3, 0.4) is 0 Å². The fourth-order valence-electron chi connectivity index (χ4n) is 1.12. The van der Waals surface area contributed by atoms with E-state index in [0.29, 0.717) is 12.5 Å². The first-order valence-electron chi connectivity index (χ1n) is 4.81. The van der Waals surface area contributed by atoms with Crippen molar-refractivity contribution in [2.24, 2.45) is 5.92 Å². The smallest absolute Gasteiger partial charge is 0.206 e. The Morgan fingerprint density at radius 2 is 2.38 bits per heavy atom. The average Bonchev–Trinajstić information content (AvgIpc) is 2.67. The predicted octanol–water partition coefficient (Wildman–Crippen LogP) is 3.42. The molecule has 1 saturated carbocycles. The summed E-state index contributed by atoms with van der Waals surface area (Å²) < 4.78 is 0.448. The summed E-state index contributed by atoms with van der Waals surface area (Å²) in [5, 5.41) is 12.0. The fourth-order valence-corrected chi connectivity index (χ4v) is 3.84. The number of hydrogen-bond acceptors (Lipinski definition) is 5. The molecule has 7 heteroatoms. The standard InChI is InChI=1S/C9H11Cl2N3S2/c1-2-3-12-7-13-14-8(16-7)15-5-6-4-9(6,10)11/h2,6H,1,3-5H2,(H,12,13)/t6-/m0/s1. The maximum absolute atomic E-state index is 5.94. The fraction of sp³-hybridized carbons (Fsp3) is 0.556. The second-order valence-electron chi connectivity index (χ2n) is 3.52. The molecule has 0 unspecified atom stereocenters. The zero-order valence-corrected chi connectivity index (χ0v) is 11.6. The van der Waals surface area contributed by atoms with Gasteiger partial charge in [-0.25, -0.2) is 0 Å². The van der Waals surface area contributed by atoms with Crippen LogP contribution < -0.4 is 5.32 Å². The van der Waals surface area contributed by atoms with Crippen LogP contribution in [0.4, 0.5) is 5.13 Å². The lowest BCUT2D eigenvalue weighted by molar-refractivity contribution is 0.966. The van der Waals surface area contributed by atoms with Crippen LogP contribution in [0.2, 0.25) is 0 Å². The molecule has 1 N–H and O–H groups in total. The molecule has 0 spiro atoms. The topological polar surface area (TPSA) is 37.8 Å². The number of aromatic nitrogens is 2. The van der Waals surface area contributed by atoms with Gasteiger partial charge in [0.15, 0.2) is 4.34 Å². The van der Waals surface area contributed by atoms with Gasteiger partial charge in [-0.2, -0.15) is 0 Å². The first kappa shape index (κ1) is 12.5. The highest BCUT2D eigenvalue weighted by Gasteiger charge is 2.51. The van der Waals surface area contributed by atoms with Crippen molar-refractivity contribution in [3.8, 4) is 0 Å². The number of halogens is 2. The Morgan fingerprint density at radius 1 is 1.62 bits per heavy atom. The Kier molecular flexibility index (Phi) is 4.00. The van der Waals surface area contributed by atoms with E-state index >= 15 is 0 Å². The molecule has 1 fully saturated rings. The molecule has 1 aromatic rings. The van der Waals surface area contributed by atoms with E-state index in [1.807, 2.05) is 0 Å². The largest absolute Gasteiger partial charge is 0.357 e. The third-order valence-corrected chi connectivity index (χ3v) is 5.27. The molecular weight excluding hydrogens is 285 g/mol. The van der Waals surface area contributed by atoms with Gasteiger partial charge in [0.2, 0.25) is 5.13 Å². The van der Waals surface area contributed by atoms with Gasteiger partial charge in [-0.05, 0) is 6.42 Å². The molecule has 16 heavy (non-hydrogen) atoms. The average molecular weight is 296 g/mol. The Hall–Kier alpha value is 0.0300. The van der Waals surface area contributed by atoms with Crippen LogP contribution >= 0.6 is 46.3 Å². The van der Waals surface area contributed by atoms with Crippen LogP contribution in [0.1, 0.15) is 6.42 Å². The number of nitrogens with one attached hydrogen (secondary N) is 1. The third kappa shape index (κ3) is 3.26. The van der Waals surface area contributed by atoms with Crippen molar-refractivity contribution in [1.29, 1.82) is 0 Å². The van der Waals surface area contributed by atoms with Crippen LogP contribution in [0.15, 0.2) is 17.0 Å². The summed E-state index contributed by atoms with van der Waals surface area (Å²) in [6, 6.07) is 0. The van der Waals surface area contributed by atoms with Crippen molar-refractivity contribution in [3.05, 3.63) is 12.7 Å². The Morgan fingerprint density at radius 3 is 3.00 bits per heavy atom. The van der Waals surface area contributed by atoms with E-state index in [9.17, 15) is 0 Å². The van der Waals surface area contributed by atoms with Gasteiger partial charge in [-0.1, -0.05) is 29.2 Å². The van der Waals surface area contributed by atoms with Crippen LogP contribution in [-0.4, -0.2) is 26.8 Å². The molecule has 1 aliphatic carbocycles. The monoisotopic (exact) mass is 295 g/mol. The van der Waals surface area contributed by atoms with E-state index in [-0.39, 0.29) is 0 Å². The predicted molar refractivity (Wildman–Crippen MR) is 71.9 cm³/mol. The van der Waals surface area contributed by atoms with Gasteiger partial charge in [-0.15, -0.1) is 40.0 Å². The normalized spacial score (nSPS) is 21.8. The minimum Gasteiger partial charge on any atom is -0.357 e. The quantitative estimate of drug-likeness (QED) is 0.496. The molecule has 0 bridgehead atoms. The van der Waals surface area contributed by atoms with E-state index in [1.54, 1.807) is 17.8 Å². The summed E-state index contributed by atoms with van der Waals surface area (Å²) in [6.45, 7) is 4.33. The van der Waals surface area contributed by atoms with Gasteiger partial charge in [-0.3, -0.25) is 0 Å². The summed E-state index contributed by atoms with van der Waals surface area (Å²) in [4.78, 5) is 0. The van der Waals surface area contributed by atoms with Crippen molar-refractivity contribution in [3.63, 3.8) is 0 Å². The van der Waals surface area contributed by atoms with Gasteiger partial charge in [0.05, 0.1) is 0 Å². The van der Waals surface area contributed by atoms with Crippen LogP contribution in [0.25, 0.3) is 0 Å². The van der Waals surface area contributed by atoms with E-state index in [4.69, 9.17) is 23.2 Å². The summed E-state index contributed by atoms with van der Waals surface area (Å²) in [7, 11) is 0. The number of alkyl halides is 2. The molecule has 88 valence electrons. The van der Waals surface area contributed by atoms with Gasteiger partial charge < -0.3 is 5.32 Å². The van der Waals surface area contributed by atoms with Crippen molar-refractivity contribution in [2.75, 3.05) is 17.6 Å². The minimum atomic E-state index is -0.498. The van der Waals surface area contributed by atoms with Gasteiger partial charge in [0.1, 0.15) is 4.33 Å². The van der Waals surface area contributed by atoms with E-state index in [1.165, 1.54) is 11.3 Å². The molecule has 0 saturated heterocycles. The first-order valence-corrected chi connectivity index (χ1v) is 7.36. The Labute approximate surface area is 113 Å². The summed E-state index contributed by atoms with van der Waals surface area (Å²) >= 11 is 15.1. The van der Waals surface area contributed by atoms with Crippen molar-refractivity contribution in [2.45, 2.75) is 15.1 Å². The Balaban J connectivity index is 1.77. The maximum atomic E-state index is 5.94. The number of nitrogens with zero attached hydrogens (tertiary/aromatic N) is 2. The van der Waals surface area contributed by atoms with Crippen molar-refractivity contribution in [1.82, 2.24) is 10.2 Å². The van der Waals surface area contributed by atoms with Crippen molar-refractivity contribution >= 4 is 51.4 Å². The molecule has 2 rings (SSSR count). The van der Waals surface area contributed by atoms with E-state index in [2.05, 4.69) is 22.1 Å². The number of rotatable bonds is 6. The molecule has 3 nitrogen and oxygen atoms in total. The van der Waals surface area contributed by atoms with E-state index in [0.717, 1.165) is 21.6 Å². The zero-order chi connectivity index (χ0) is 11.6. The van der Waals surface area contributed by atoms with Crippen LogP contribution in [-0.2, 0) is 0 Å². The molecule has 0 aliphatic heterocycles. The number of thioether (sulfide) groups is 1. The molecule has 1 heterocycles. The van der Waals surface area contributed by atoms with Crippen LogP contribution in [0.5, 0.6) is 0 Å². The maximum Gasteiger partial charge on any atom is 0.206 e. The summed E-state index contributed by atoms with van der Waals surface area (Å²) in [5.74, 6) is 1.29. The molecular formula is C9H11Cl2N3S2. The second kappa shape index (κ2) is 5.12. The highest BCUT2D eigenvalue weighted by Crippen LogP contribution is 2.54. The lowest BCUT2D eigenvalue weighted by Gasteiger charge is -1.96. The lowest BCUT2D eigenvalue weighted by atomic mass is 10.5. The van der Waals surface area contributed by atoms with Gasteiger partial charge in [0.25, 0.3) is 0 Å². The highest BCUT2D eigenvalue weighted by atomic mass is 35.5. The summed E-state index contributed by atoms with van der Waals surface area (Å²) in [5.41, 5.74) is 0. The molecule has 1 atom stereocenters. The van der Waals surface area contributed by atoms with E-state index < -0.39 is 4.33 Å². The lowest BCUT2D eigenvalue weighted by Crippen LogP contribution is -1.96. The number of anilines is 1. The molecule has 0 aromatic carbocycles. The Bertz CT molecular complexity index is 381. The van der Waals surface area contributed by atoms with Gasteiger partial charge >= 0.3 is 0 Å². The summed E-state index contributed by atoms with van der Waals surface area (Å²) in [6.07, 6.45) is 2.66. The highest BCUT2D eigenvalue weighted by molar-refractivity contribution is 8.01. The third-order valence-electron chi connectivity index (χ3n) is 2.17. The molecule has 0 amide bonds. The number of hydrogen-bond donors (Lipinski definition) is 1. The molecule has 0 radical (unpaired) electrons. The zero-order valence-electron chi connectivity index (χ0n) is 8.45. The van der Waals surface area contributed by atoms with Crippen molar-refractivity contribution < 1.29 is 0 Å². The van der Waals surface area contributed by atoms with Crippen LogP contribution in [0, 0.1) is 5.92 Å². The first-order chi connectivity index (χ1) is 7.62. The SMILES string of the molecule is C=CCNc1nnc(SC[C@@H]2CC2(Cl)Cl)s1. The van der Waals surface area contributed by atoms with Gasteiger partial charge in [0, 0.05) is 18.2 Å².